The van der Waals surface area contributed by atoms with E-state index in [-0.39, 0.29) is 13.2 Å². The topological polar surface area (TPSA) is 82.2 Å². The number of azo groups is 1. The first-order valence-corrected chi connectivity index (χ1v) is 4.51. The lowest BCUT2D eigenvalue weighted by Crippen LogP contribution is -1.97. The molecule has 0 aliphatic heterocycles. The molecule has 1 rings (SSSR count). The van der Waals surface area contributed by atoms with Gasteiger partial charge < -0.3 is 10.2 Å². The van der Waals surface area contributed by atoms with Crippen molar-refractivity contribution < 1.29 is 15.0 Å². The fraction of sp³-hybridized carbons (Fsp3) is 0.300. The lowest BCUT2D eigenvalue weighted by molar-refractivity contribution is -0.135. The van der Waals surface area contributed by atoms with Gasteiger partial charge >= 0.3 is 5.97 Å². The second-order valence-corrected chi connectivity index (χ2v) is 2.93. The van der Waals surface area contributed by atoms with Crippen LogP contribution < -0.4 is 0 Å². The van der Waals surface area contributed by atoms with Gasteiger partial charge in [0.1, 0.15) is 0 Å². The van der Waals surface area contributed by atoms with Crippen LogP contribution in [0.5, 0.6) is 0 Å². The molecule has 0 saturated heterocycles. The predicted octanol–water partition coefficient (Wildman–Crippen LogP) is 1.39. The van der Waals surface area contributed by atoms with Gasteiger partial charge in [0.15, 0.2) is 6.54 Å². The molecule has 1 aromatic carbocycles. The normalized spacial score (nSPS) is 10.7. The number of hydrogen-bond donors (Lipinski definition) is 2. The smallest absolute Gasteiger partial charge is 0.327 e. The van der Waals surface area contributed by atoms with Crippen LogP contribution in [0.15, 0.2) is 34.5 Å². The Morgan fingerprint density at radius 3 is 2.47 bits per heavy atom. The van der Waals surface area contributed by atoms with E-state index in [1.807, 2.05) is 12.1 Å². The first-order chi connectivity index (χ1) is 7.22. The van der Waals surface area contributed by atoms with Crippen LogP contribution in [0.3, 0.4) is 0 Å². The Morgan fingerprint density at radius 1 is 1.27 bits per heavy atom. The molecule has 0 aliphatic carbocycles. The maximum atomic E-state index is 10.1. The molecule has 80 valence electrons. The Hall–Kier alpha value is -1.75. The van der Waals surface area contributed by atoms with Crippen LogP contribution in [-0.2, 0) is 11.2 Å². The molecule has 0 radical (unpaired) electrons. The molecule has 2 N–H and O–H groups in total. The first kappa shape index (κ1) is 11.3. The third kappa shape index (κ3) is 4.33. The van der Waals surface area contributed by atoms with Crippen molar-refractivity contribution in [2.45, 2.75) is 6.42 Å². The van der Waals surface area contributed by atoms with Gasteiger partial charge in [-0.2, -0.15) is 10.2 Å². The van der Waals surface area contributed by atoms with E-state index in [1.54, 1.807) is 12.1 Å². The Kier molecular flexibility index (Phi) is 4.43. The number of benzene rings is 1. The van der Waals surface area contributed by atoms with Crippen LogP contribution in [0.1, 0.15) is 5.56 Å². The van der Waals surface area contributed by atoms with Crippen LogP contribution >= 0.6 is 0 Å². The van der Waals surface area contributed by atoms with Crippen LogP contribution in [0, 0.1) is 0 Å². The van der Waals surface area contributed by atoms with Gasteiger partial charge in [-0.05, 0) is 24.1 Å². The number of rotatable bonds is 5. The lowest BCUT2D eigenvalue weighted by Gasteiger charge is -1.97. The van der Waals surface area contributed by atoms with E-state index in [4.69, 9.17) is 10.2 Å². The van der Waals surface area contributed by atoms with Gasteiger partial charge in [0.25, 0.3) is 0 Å². The molecule has 0 aromatic heterocycles. The number of carbonyl (C=O) groups is 1. The third-order valence-corrected chi connectivity index (χ3v) is 1.73. The third-order valence-electron chi connectivity index (χ3n) is 1.73. The zero-order valence-corrected chi connectivity index (χ0v) is 8.13. The van der Waals surface area contributed by atoms with Crippen molar-refractivity contribution in [3.8, 4) is 0 Å². The molecule has 5 heteroatoms. The summed E-state index contributed by atoms with van der Waals surface area (Å²) in [6.45, 7) is -0.210. The van der Waals surface area contributed by atoms with Crippen LogP contribution in [0.4, 0.5) is 5.69 Å². The summed E-state index contributed by atoms with van der Waals surface area (Å²) in [6, 6.07) is 7.11. The van der Waals surface area contributed by atoms with E-state index in [0.29, 0.717) is 12.1 Å². The van der Waals surface area contributed by atoms with Gasteiger partial charge in [-0.25, -0.2) is 0 Å². The lowest BCUT2D eigenvalue weighted by atomic mass is 10.1. The standard InChI is InChI=1S/C10H12N2O3/c13-6-5-8-1-3-9(4-2-8)12-11-7-10(14)15/h1-4,13H,5-7H2,(H,14,15). The van der Waals surface area contributed by atoms with Crippen molar-refractivity contribution in [2.24, 2.45) is 10.2 Å². The Labute approximate surface area is 87.1 Å². The summed E-state index contributed by atoms with van der Waals surface area (Å²) >= 11 is 0. The van der Waals surface area contributed by atoms with Crippen molar-refractivity contribution in [3.05, 3.63) is 29.8 Å². The van der Waals surface area contributed by atoms with Crippen molar-refractivity contribution in [1.29, 1.82) is 0 Å². The molecular weight excluding hydrogens is 196 g/mol. The highest BCUT2D eigenvalue weighted by Gasteiger charge is 1.94. The largest absolute Gasteiger partial charge is 0.480 e. The monoisotopic (exact) mass is 208 g/mol. The molecule has 0 bridgehead atoms. The fourth-order valence-electron chi connectivity index (χ4n) is 1.04. The Balaban J connectivity index is 2.56. The van der Waals surface area contributed by atoms with E-state index in [2.05, 4.69) is 10.2 Å². The molecule has 0 atom stereocenters. The van der Waals surface area contributed by atoms with Gasteiger partial charge in [-0.1, -0.05) is 12.1 Å². The number of nitrogens with zero attached hydrogens (tertiary/aromatic N) is 2. The highest BCUT2D eigenvalue weighted by Crippen LogP contribution is 2.13. The molecule has 5 nitrogen and oxygen atoms in total. The second-order valence-electron chi connectivity index (χ2n) is 2.93. The van der Waals surface area contributed by atoms with Crippen LogP contribution in [0.25, 0.3) is 0 Å². The van der Waals surface area contributed by atoms with Gasteiger partial charge in [0.2, 0.25) is 0 Å². The highest BCUT2D eigenvalue weighted by molar-refractivity contribution is 5.69. The van der Waals surface area contributed by atoms with E-state index >= 15 is 0 Å². The zero-order valence-electron chi connectivity index (χ0n) is 8.13. The van der Waals surface area contributed by atoms with Crippen molar-refractivity contribution in [3.63, 3.8) is 0 Å². The van der Waals surface area contributed by atoms with Crippen molar-refractivity contribution in [1.82, 2.24) is 0 Å². The zero-order chi connectivity index (χ0) is 11.1. The maximum absolute atomic E-state index is 10.1. The highest BCUT2D eigenvalue weighted by atomic mass is 16.4. The first-order valence-electron chi connectivity index (χ1n) is 4.51. The molecule has 0 unspecified atom stereocenters. The molecule has 1 aromatic rings. The van der Waals surface area contributed by atoms with Gasteiger partial charge in [-0.15, -0.1) is 0 Å². The number of aliphatic hydroxyl groups is 1. The van der Waals surface area contributed by atoms with Crippen LogP contribution in [-0.4, -0.2) is 29.3 Å². The number of carboxylic acids is 1. The average Bonchev–Trinajstić information content (AvgIpc) is 2.20. The summed E-state index contributed by atoms with van der Waals surface area (Å²) in [5.74, 6) is -1.00. The number of aliphatic hydroxyl groups excluding tert-OH is 1. The molecule has 0 fully saturated rings. The summed E-state index contributed by atoms with van der Waals surface area (Å²) in [5.41, 5.74) is 1.62. The molecule has 0 saturated carbocycles. The minimum Gasteiger partial charge on any atom is -0.480 e. The summed E-state index contributed by atoms with van der Waals surface area (Å²) in [5, 5.41) is 24.2. The molecule has 0 spiro atoms. The average molecular weight is 208 g/mol. The molecule has 0 aliphatic rings. The quantitative estimate of drug-likeness (QED) is 0.717. The van der Waals surface area contributed by atoms with E-state index in [0.717, 1.165) is 5.56 Å². The Morgan fingerprint density at radius 2 is 1.93 bits per heavy atom. The Bertz CT molecular complexity index is 346. The summed E-state index contributed by atoms with van der Waals surface area (Å²) < 4.78 is 0. The number of aliphatic carboxylic acids is 1. The van der Waals surface area contributed by atoms with E-state index in [9.17, 15) is 4.79 Å². The molecule has 0 amide bonds. The van der Waals surface area contributed by atoms with Crippen molar-refractivity contribution >= 4 is 11.7 Å². The molecular formula is C10H12N2O3. The van der Waals surface area contributed by atoms with Gasteiger partial charge in [-0.3, -0.25) is 4.79 Å². The second kappa shape index (κ2) is 5.87. The van der Waals surface area contributed by atoms with E-state index in [1.165, 1.54) is 0 Å². The van der Waals surface area contributed by atoms with Crippen LogP contribution in [0.2, 0.25) is 0 Å². The maximum Gasteiger partial charge on any atom is 0.327 e. The van der Waals surface area contributed by atoms with Crippen molar-refractivity contribution in [2.75, 3.05) is 13.2 Å². The SMILES string of the molecule is O=C(O)CN=Nc1ccc(CCO)cc1. The minimum atomic E-state index is -1.00. The minimum absolute atomic E-state index is 0.111. The summed E-state index contributed by atoms with van der Waals surface area (Å²) in [7, 11) is 0. The number of carboxylic acid groups (broad SMARTS) is 1. The predicted molar refractivity (Wildman–Crippen MR) is 54.3 cm³/mol. The van der Waals surface area contributed by atoms with E-state index < -0.39 is 5.97 Å². The molecule has 15 heavy (non-hydrogen) atoms. The summed E-state index contributed by atoms with van der Waals surface area (Å²) in [4.78, 5) is 10.1. The van der Waals surface area contributed by atoms with Gasteiger partial charge in [0.05, 0.1) is 5.69 Å². The van der Waals surface area contributed by atoms with Gasteiger partial charge in [0, 0.05) is 6.61 Å². The summed E-state index contributed by atoms with van der Waals surface area (Å²) in [6.07, 6.45) is 0.604. The molecule has 0 heterocycles. The fourth-order valence-corrected chi connectivity index (χ4v) is 1.04. The number of hydrogen-bond acceptors (Lipinski definition) is 4.